The Labute approximate surface area is 153 Å². The number of aromatic nitrogens is 1. The number of hydrogen-bond acceptors (Lipinski definition) is 4. The molecule has 0 saturated carbocycles. The van der Waals surface area contributed by atoms with Crippen LogP contribution >= 0.6 is 11.3 Å². The molecule has 0 radical (unpaired) electrons. The van der Waals surface area contributed by atoms with Gasteiger partial charge in [-0.15, -0.1) is 6.58 Å². The summed E-state index contributed by atoms with van der Waals surface area (Å²) in [7, 11) is 1.57. The van der Waals surface area contributed by atoms with Gasteiger partial charge >= 0.3 is 0 Å². The predicted molar refractivity (Wildman–Crippen MR) is 99.0 cm³/mol. The second kappa shape index (κ2) is 7.97. The van der Waals surface area contributed by atoms with E-state index in [2.05, 4.69) is 11.6 Å². The molecule has 5 nitrogen and oxygen atoms in total. The van der Waals surface area contributed by atoms with Gasteiger partial charge in [-0.25, -0.2) is 4.39 Å². The average molecular weight is 372 g/mol. The zero-order chi connectivity index (χ0) is 18.5. The Bertz CT molecular complexity index is 1010. The average Bonchev–Trinajstić information content (AvgIpc) is 2.99. The maximum Gasteiger partial charge on any atom is 0.286 e. The topological polar surface area (TPSA) is 52.8 Å². The molecular weight excluding hydrogens is 355 g/mol. The number of allylic oxidation sites excluding steroid dienone is 1. The van der Waals surface area contributed by atoms with Gasteiger partial charge in [0.15, 0.2) is 11.4 Å². The van der Waals surface area contributed by atoms with Gasteiger partial charge < -0.3 is 14.0 Å². The van der Waals surface area contributed by atoms with Crippen LogP contribution in [0.15, 0.2) is 60.1 Å². The number of nitrogens with zero attached hydrogens (tertiary/aromatic N) is 2. The van der Waals surface area contributed by atoms with Crippen molar-refractivity contribution >= 4 is 27.5 Å². The molecule has 0 unspecified atom stereocenters. The second-order valence-corrected chi connectivity index (χ2v) is 6.35. The number of carbonyl (C=O) groups is 1. The third-order valence-electron chi connectivity index (χ3n) is 3.61. The highest BCUT2D eigenvalue weighted by Gasteiger charge is 2.11. The van der Waals surface area contributed by atoms with Crippen molar-refractivity contribution in [2.75, 3.05) is 13.7 Å². The van der Waals surface area contributed by atoms with Crippen molar-refractivity contribution in [1.82, 2.24) is 4.57 Å². The normalized spacial score (nSPS) is 11.5. The molecule has 0 fully saturated rings. The van der Waals surface area contributed by atoms with Crippen molar-refractivity contribution < 1.29 is 18.7 Å². The van der Waals surface area contributed by atoms with Crippen molar-refractivity contribution in [3.05, 3.63) is 65.7 Å². The lowest BCUT2D eigenvalue weighted by atomic mass is 10.3. The molecule has 0 saturated heterocycles. The summed E-state index contributed by atoms with van der Waals surface area (Å²) in [6.07, 6.45) is 1.63. The first-order valence-electron chi connectivity index (χ1n) is 7.85. The second-order valence-electron chi connectivity index (χ2n) is 5.34. The Morgan fingerprint density at radius 1 is 1.27 bits per heavy atom. The Morgan fingerprint density at radius 3 is 2.69 bits per heavy atom. The van der Waals surface area contributed by atoms with Crippen LogP contribution in [-0.4, -0.2) is 24.2 Å². The molecule has 1 heterocycles. The zero-order valence-corrected chi connectivity index (χ0v) is 15.0. The lowest BCUT2D eigenvalue weighted by Gasteiger charge is -2.05. The molecule has 0 spiro atoms. The Morgan fingerprint density at radius 2 is 2.00 bits per heavy atom. The third-order valence-corrected chi connectivity index (χ3v) is 4.65. The maximum atomic E-state index is 14.1. The highest BCUT2D eigenvalue weighted by molar-refractivity contribution is 7.16. The maximum absolute atomic E-state index is 14.1. The Kier molecular flexibility index (Phi) is 5.48. The van der Waals surface area contributed by atoms with Crippen LogP contribution in [0.1, 0.15) is 0 Å². The molecule has 7 heteroatoms. The molecule has 3 aromatic rings. The van der Waals surface area contributed by atoms with Gasteiger partial charge in [-0.05, 0) is 36.4 Å². The number of benzene rings is 2. The summed E-state index contributed by atoms with van der Waals surface area (Å²) < 4.78 is 27.0. The molecule has 1 amide bonds. The number of rotatable bonds is 6. The van der Waals surface area contributed by atoms with E-state index in [1.807, 2.05) is 0 Å². The fourth-order valence-corrected chi connectivity index (χ4v) is 3.50. The number of carbonyl (C=O) groups excluding carboxylic acids is 1. The van der Waals surface area contributed by atoms with Gasteiger partial charge in [0.25, 0.3) is 5.91 Å². The molecule has 0 aliphatic carbocycles. The van der Waals surface area contributed by atoms with Crippen LogP contribution in [-0.2, 0) is 11.3 Å². The minimum Gasteiger partial charge on any atom is -0.497 e. The molecule has 0 bridgehead atoms. The molecule has 1 aromatic heterocycles. The summed E-state index contributed by atoms with van der Waals surface area (Å²) in [5.41, 5.74) is 0.417. The van der Waals surface area contributed by atoms with E-state index >= 15 is 0 Å². The van der Waals surface area contributed by atoms with E-state index in [1.54, 1.807) is 54.2 Å². The summed E-state index contributed by atoms with van der Waals surface area (Å²) in [5.74, 6) is 0.427. The first kappa shape index (κ1) is 17.9. The molecule has 0 aliphatic rings. The number of thiazole rings is 1. The van der Waals surface area contributed by atoms with Gasteiger partial charge in [0, 0.05) is 6.54 Å². The predicted octanol–water partition coefficient (Wildman–Crippen LogP) is 3.54. The van der Waals surface area contributed by atoms with Gasteiger partial charge in [0.05, 0.1) is 17.3 Å². The number of fused-ring (bicyclic) bond motifs is 1. The lowest BCUT2D eigenvalue weighted by Crippen LogP contribution is -2.19. The first-order chi connectivity index (χ1) is 12.6. The minimum atomic E-state index is -0.453. The summed E-state index contributed by atoms with van der Waals surface area (Å²) in [6, 6.07) is 11.7. The molecule has 3 rings (SSSR count). The van der Waals surface area contributed by atoms with Gasteiger partial charge in [0.1, 0.15) is 17.3 Å². The number of para-hydroxylation sites is 1. The van der Waals surface area contributed by atoms with Crippen LogP contribution in [0.2, 0.25) is 0 Å². The Hall–Kier alpha value is -2.93. The van der Waals surface area contributed by atoms with E-state index < -0.39 is 5.91 Å². The Balaban J connectivity index is 1.84. The van der Waals surface area contributed by atoms with Crippen LogP contribution < -0.4 is 14.3 Å². The van der Waals surface area contributed by atoms with Gasteiger partial charge in [0.2, 0.25) is 0 Å². The number of ether oxygens (including phenoxy) is 2. The van der Waals surface area contributed by atoms with Gasteiger partial charge in [-0.1, -0.05) is 23.5 Å². The molecule has 26 heavy (non-hydrogen) atoms. The minimum absolute atomic E-state index is 0.211. The standard InChI is InChI=1S/C19H17FN2O3S/c1-3-11-22-18-15(20)5-4-6-16(18)26-19(22)21-17(23)12-25-14-9-7-13(24-2)8-10-14/h3-10H,1,11-12H2,2H3. The van der Waals surface area contributed by atoms with Crippen LogP contribution in [0.4, 0.5) is 4.39 Å². The fourth-order valence-electron chi connectivity index (χ4n) is 2.43. The third kappa shape index (κ3) is 3.83. The molecule has 0 N–H and O–H groups in total. The molecule has 0 atom stereocenters. The van der Waals surface area contributed by atoms with Crippen LogP contribution in [0.3, 0.4) is 0 Å². The smallest absolute Gasteiger partial charge is 0.286 e. The van der Waals surface area contributed by atoms with E-state index in [-0.39, 0.29) is 12.4 Å². The summed E-state index contributed by atoms with van der Waals surface area (Å²) >= 11 is 1.25. The fraction of sp³-hybridized carbons (Fsp3) is 0.158. The molecule has 2 aromatic carbocycles. The highest BCUT2D eigenvalue weighted by atomic mass is 32.1. The van der Waals surface area contributed by atoms with Crippen molar-refractivity contribution in [2.24, 2.45) is 4.99 Å². The number of amides is 1. The first-order valence-corrected chi connectivity index (χ1v) is 8.67. The number of methoxy groups -OCH3 is 1. The number of halogens is 1. The lowest BCUT2D eigenvalue weighted by molar-refractivity contribution is -0.120. The number of hydrogen-bond donors (Lipinski definition) is 0. The molecule has 0 aliphatic heterocycles. The van der Waals surface area contributed by atoms with Crippen LogP contribution in [0.5, 0.6) is 11.5 Å². The highest BCUT2D eigenvalue weighted by Crippen LogP contribution is 2.20. The van der Waals surface area contributed by atoms with Crippen molar-refractivity contribution in [2.45, 2.75) is 6.54 Å². The van der Waals surface area contributed by atoms with Crippen LogP contribution in [0.25, 0.3) is 10.2 Å². The zero-order valence-electron chi connectivity index (χ0n) is 14.1. The van der Waals surface area contributed by atoms with Crippen LogP contribution in [0, 0.1) is 5.82 Å². The van der Waals surface area contributed by atoms with Gasteiger partial charge in [-0.3, -0.25) is 4.79 Å². The van der Waals surface area contributed by atoms with Gasteiger partial charge in [-0.2, -0.15) is 4.99 Å². The summed E-state index contributed by atoms with van der Waals surface area (Å²) in [5, 5.41) is 0. The summed E-state index contributed by atoms with van der Waals surface area (Å²) in [4.78, 5) is 16.7. The molecule has 134 valence electrons. The van der Waals surface area contributed by atoms with Crippen molar-refractivity contribution in [1.29, 1.82) is 0 Å². The van der Waals surface area contributed by atoms with E-state index in [0.717, 1.165) is 4.70 Å². The van der Waals surface area contributed by atoms with E-state index in [1.165, 1.54) is 17.4 Å². The monoisotopic (exact) mass is 372 g/mol. The quantitative estimate of drug-likeness (QED) is 0.622. The summed E-state index contributed by atoms with van der Waals surface area (Å²) in [6.45, 7) is 3.82. The van der Waals surface area contributed by atoms with Crippen molar-refractivity contribution in [3.8, 4) is 11.5 Å². The SMILES string of the molecule is C=CCn1c(=NC(=O)COc2ccc(OC)cc2)sc2cccc(F)c21. The van der Waals surface area contributed by atoms with E-state index in [4.69, 9.17) is 9.47 Å². The van der Waals surface area contributed by atoms with E-state index in [9.17, 15) is 9.18 Å². The largest absolute Gasteiger partial charge is 0.497 e. The van der Waals surface area contributed by atoms with E-state index in [0.29, 0.717) is 28.4 Å². The van der Waals surface area contributed by atoms with Crippen molar-refractivity contribution in [3.63, 3.8) is 0 Å². The molecular formula is C19H17FN2O3S.